The van der Waals surface area contributed by atoms with E-state index in [1.54, 1.807) is 18.4 Å². The highest BCUT2D eigenvalue weighted by Gasteiger charge is 2.41. The number of ether oxygens (including phenoxy) is 1. The van der Waals surface area contributed by atoms with Crippen molar-refractivity contribution < 1.29 is 9.53 Å². The molecular weight excluding hydrogens is 344 g/mol. The number of hydrogen-bond acceptors (Lipinski definition) is 4. The van der Waals surface area contributed by atoms with E-state index in [0.29, 0.717) is 5.41 Å². The number of rotatable bonds is 4. The molecule has 1 spiro atoms. The third-order valence-electron chi connectivity index (χ3n) is 5.96. The Bertz CT molecular complexity index is 734. The maximum atomic E-state index is 12.5. The van der Waals surface area contributed by atoms with Crippen molar-refractivity contribution in [2.75, 3.05) is 33.3 Å². The SMILES string of the molecule is COc1ccc(CN2CCC3(CCN(C(=O)c4ccsc4)CC3)C2)cc1. The number of piperidine rings is 1. The minimum Gasteiger partial charge on any atom is -0.497 e. The van der Waals surface area contributed by atoms with Gasteiger partial charge in [-0.2, -0.15) is 11.3 Å². The van der Waals surface area contributed by atoms with Crippen LogP contribution in [0.25, 0.3) is 0 Å². The lowest BCUT2D eigenvalue weighted by Gasteiger charge is -2.39. The molecule has 0 bridgehead atoms. The van der Waals surface area contributed by atoms with Gasteiger partial charge in [-0.15, -0.1) is 0 Å². The molecule has 1 aromatic carbocycles. The summed E-state index contributed by atoms with van der Waals surface area (Å²) in [7, 11) is 1.70. The van der Waals surface area contributed by atoms with Crippen LogP contribution in [0.5, 0.6) is 5.75 Å². The summed E-state index contributed by atoms with van der Waals surface area (Å²) in [6.07, 6.45) is 3.51. The zero-order valence-corrected chi connectivity index (χ0v) is 16.1. The van der Waals surface area contributed by atoms with Gasteiger partial charge in [-0.25, -0.2) is 0 Å². The van der Waals surface area contributed by atoms with Gasteiger partial charge in [-0.1, -0.05) is 12.1 Å². The molecule has 5 heteroatoms. The van der Waals surface area contributed by atoms with Gasteiger partial charge in [0.15, 0.2) is 0 Å². The lowest BCUT2D eigenvalue weighted by Crippen LogP contribution is -2.44. The molecule has 4 rings (SSSR count). The highest BCUT2D eigenvalue weighted by molar-refractivity contribution is 7.08. The van der Waals surface area contributed by atoms with Gasteiger partial charge < -0.3 is 9.64 Å². The number of nitrogens with zero attached hydrogens (tertiary/aromatic N) is 2. The molecule has 2 aromatic rings. The molecule has 2 aliphatic heterocycles. The van der Waals surface area contributed by atoms with E-state index < -0.39 is 0 Å². The van der Waals surface area contributed by atoms with Crippen LogP contribution in [0.4, 0.5) is 0 Å². The van der Waals surface area contributed by atoms with E-state index in [1.165, 1.54) is 12.0 Å². The van der Waals surface area contributed by atoms with E-state index >= 15 is 0 Å². The van der Waals surface area contributed by atoms with Gasteiger partial charge in [-0.05, 0) is 60.4 Å². The van der Waals surface area contributed by atoms with E-state index in [9.17, 15) is 4.79 Å². The standard InChI is InChI=1S/C21H26N2O2S/c1-25-19-4-2-17(3-5-19)14-22-10-7-21(16-22)8-11-23(12-9-21)20(24)18-6-13-26-15-18/h2-6,13,15H,7-12,14,16H2,1H3. The summed E-state index contributed by atoms with van der Waals surface area (Å²) in [6, 6.07) is 10.3. The molecule has 2 saturated heterocycles. The molecule has 0 atom stereocenters. The van der Waals surface area contributed by atoms with Gasteiger partial charge >= 0.3 is 0 Å². The molecule has 1 aromatic heterocycles. The predicted octanol–water partition coefficient (Wildman–Crippen LogP) is 3.89. The van der Waals surface area contributed by atoms with E-state index in [-0.39, 0.29) is 5.91 Å². The van der Waals surface area contributed by atoms with Crippen LogP contribution < -0.4 is 4.74 Å². The zero-order chi connectivity index (χ0) is 18.0. The van der Waals surface area contributed by atoms with Crippen molar-refractivity contribution >= 4 is 17.2 Å². The Kier molecular flexibility index (Phi) is 5.00. The summed E-state index contributed by atoms with van der Waals surface area (Å²) in [5, 5.41) is 3.94. The Morgan fingerprint density at radius 3 is 2.50 bits per heavy atom. The molecule has 0 unspecified atom stereocenters. The van der Waals surface area contributed by atoms with Crippen molar-refractivity contribution in [3.63, 3.8) is 0 Å². The number of likely N-dealkylation sites (tertiary alicyclic amines) is 2. The maximum absolute atomic E-state index is 12.5. The number of carbonyl (C=O) groups excluding carboxylic acids is 1. The van der Waals surface area contributed by atoms with Crippen molar-refractivity contribution in [2.24, 2.45) is 5.41 Å². The molecule has 0 N–H and O–H groups in total. The zero-order valence-electron chi connectivity index (χ0n) is 15.3. The topological polar surface area (TPSA) is 32.8 Å². The number of benzene rings is 1. The molecule has 2 fully saturated rings. The first-order valence-corrected chi connectivity index (χ1v) is 10.3. The predicted molar refractivity (Wildman–Crippen MR) is 105 cm³/mol. The van der Waals surface area contributed by atoms with Crippen molar-refractivity contribution in [3.05, 3.63) is 52.2 Å². The largest absolute Gasteiger partial charge is 0.497 e. The second-order valence-corrected chi connectivity index (χ2v) is 8.39. The van der Waals surface area contributed by atoms with E-state index in [1.807, 2.05) is 33.9 Å². The van der Waals surface area contributed by atoms with Crippen molar-refractivity contribution in [3.8, 4) is 5.75 Å². The first-order valence-electron chi connectivity index (χ1n) is 9.34. The van der Waals surface area contributed by atoms with Crippen LogP contribution in [0.15, 0.2) is 41.1 Å². The third kappa shape index (κ3) is 3.64. The number of hydrogen-bond donors (Lipinski definition) is 0. The first-order chi connectivity index (χ1) is 12.7. The lowest BCUT2D eigenvalue weighted by molar-refractivity contribution is 0.0588. The minimum atomic E-state index is 0.203. The number of carbonyl (C=O) groups is 1. The van der Waals surface area contributed by atoms with Crippen molar-refractivity contribution in [1.29, 1.82) is 0 Å². The van der Waals surface area contributed by atoms with Crippen LogP contribution in [0.1, 0.15) is 35.2 Å². The van der Waals surface area contributed by atoms with E-state index in [2.05, 4.69) is 17.0 Å². The fourth-order valence-corrected chi connectivity index (χ4v) is 4.94. The average Bonchev–Trinajstić information content (AvgIpc) is 3.33. The fraction of sp³-hybridized carbons (Fsp3) is 0.476. The van der Waals surface area contributed by atoms with Gasteiger partial charge in [0.25, 0.3) is 5.91 Å². The molecule has 0 saturated carbocycles. The number of methoxy groups -OCH3 is 1. The Balaban J connectivity index is 1.31. The summed E-state index contributed by atoms with van der Waals surface area (Å²) in [4.78, 5) is 17.1. The highest BCUT2D eigenvalue weighted by atomic mass is 32.1. The Morgan fingerprint density at radius 1 is 1.12 bits per heavy atom. The average molecular weight is 371 g/mol. The Labute approximate surface area is 159 Å². The van der Waals surface area contributed by atoms with Crippen LogP contribution in [0, 0.1) is 5.41 Å². The van der Waals surface area contributed by atoms with Gasteiger partial charge in [0.2, 0.25) is 0 Å². The van der Waals surface area contributed by atoms with Crippen molar-refractivity contribution in [2.45, 2.75) is 25.8 Å². The molecule has 0 radical (unpaired) electrons. The van der Waals surface area contributed by atoms with E-state index in [4.69, 9.17) is 4.74 Å². The van der Waals surface area contributed by atoms with Gasteiger partial charge in [0.05, 0.1) is 12.7 Å². The van der Waals surface area contributed by atoms with Gasteiger partial charge in [0.1, 0.15) is 5.75 Å². The van der Waals surface area contributed by atoms with Crippen LogP contribution in [-0.2, 0) is 6.54 Å². The van der Waals surface area contributed by atoms with Crippen LogP contribution in [0.2, 0.25) is 0 Å². The second-order valence-electron chi connectivity index (χ2n) is 7.61. The van der Waals surface area contributed by atoms with E-state index in [0.717, 1.165) is 56.9 Å². The Morgan fingerprint density at radius 2 is 1.85 bits per heavy atom. The number of amides is 1. The fourth-order valence-electron chi connectivity index (χ4n) is 4.31. The second kappa shape index (κ2) is 7.41. The summed E-state index contributed by atoms with van der Waals surface area (Å²) < 4.78 is 5.24. The van der Waals surface area contributed by atoms with Gasteiger partial charge in [0, 0.05) is 31.6 Å². The van der Waals surface area contributed by atoms with Crippen LogP contribution >= 0.6 is 11.3 Å². The molecule has 26 heavy (non-hydrogen) atoms. The van der Waals surface area contributed by atoms with Crippen LogP contribution in [-0.4, -0.2) is 49.0 Å². The number of thiophene rings is 1. The molecule has 3 heterocycles. The summed E-state index contributed by atoms with van der Waals surface area (Å²) in [5.41, 5.74) is 2.59. The summed E-state index contributed by atoms with van der Waals surface area (Å²) >= 11 is 1.59. The maximum Gasteiger partial charge on any atom is 0.254 e. The van der Waals surface area contributed by atoms with Crippen molar-refractivity contribution in [1.82, 2.24) is 9.80 Å². The molecule has 1 amide bonds. The van der Waals surface area contributed by atoms with Crippen LogP contribution in [0.3, 0.4) is 0 Å². The summed E-state index contributed by atoms with van der Waals surface area (Å²) in [6.45, 7) is 5.10. The molecular formula is C21H26N2O2S. The van der Waals surface area contributed by atoms with Gasteiger partial charge in [-0.3, -0.25) is 9.69 Å². The lowest BCUT2D eigenvalue weighted by atomic mass is 9.77. The normalized spacial score (nSPS) is 19.8. The first kappa shape index (κ1) is 17.6. The molecule has 138 valence electrons. The molecule has 0 aliphatic carbocycles. The quantitative estimate of drug-likeness (QED) is 0.819. The third-order valence-corrected chi connectivity index (χ3v) is 6.65. The monoisotopic (exact) mass is 370 g/mol. The molecule has 4 nitrogen and oxygen atoms in total. The smallest absolute Gasteiger partial charge is 0.254 e. The molecule has 2 aliphatic rings. The summed E-state index contributed by atoms with van der Waals surface area (Å²) in [5.74, 6) is 1.11. The Hall–Kier alpha value is -1.85. The minimum absolute atomic E-state index is 0.203. The highest BCUT2D eigenvalue weighted by Crippen LogP contribution is 2.41.